The third-order valence-electron chi connectivity index (χ3n) is 3.82. The first-order valence-electron chi connectivity index (χ1n) is 8.57. The Morgan fingerprint density at radius 1 is 0.963 bits per heavy atom. The Labute approximate surface area is 159 Å². The van der Waals surface area contributed by atoms with Crippen molar-refractivity contribution in [3.63, 3.8) is 0 Å². The van der Waals surface area contributed by atoms with Gasteiger partial charge in [0.25, 0.3) is 0 Å². The smallest absolute Gasteiger partial charge is 0.338 e. The summed E-state index contributed by atoms with van der Waals surface area (Å²) < 4.78 is 20.9. The summed E-state index contributed by atoms with van der Waals surface area (Å²) in [5.41, 5.74) is 1.66. The summed E-state index contributed by atoms with van der Waals surface area (Å²) in [5, 5.41) is 0. The standard InChI is InChI=1S/C21H24O6/c1-14(2)26-12-15-5-7-16(8-6-15)21(23)27-13-19(22)18-10-9-17(24-3)11-20(18)25-4/h5-11,14H,12-13H2,1-4H3. The Morgan fingerprint density at radius 3 is 2.26 bits per heavy atom. The molecular formula is C21H24O6. The van der Waals surface area contributed by atoms with Gasteiger partial charge in [-0.2, -0.15) is 0 Å². The second-order valence-electron chi connectivity index (χ2n) is 6.12. The fourth-order valence-electron chi connectivity index (χ4n) is 2.32. The average Bonchev–Trinajstić information content (AvgIpc) is 2.69. The zero-order chi connectivity index (χ0) is 19.8. The fourth-order valence-corrected chi connectivity index (χ4v) is 2.32. The molecule has 0 heterocycles. The summed E-state index contributed by atoms with van der Waals surface area (Å²) >= 11 is 0. The van der Waals surface area contributed by atoms with Crippen LogP contribution in [-0.4, -0.2) is 38.7 Å². The number of carbonyl (C=O) groups excluding carboxylic acids is 2. The number of hydrogen-bond donors (Lipinski definition) is 0. The van der Waals surface area contributed by atoms with E-state index in [0.29, 0.717) is 29.2 Å². The van der Waals surface area contributed by atoms with Crippen molar-refractivity contribution in [3.8, 4) is 11.5 Å². The van der Waals surface area contributed by atoms with Crippen LogP contribution in [0, 0.1) is 0 Å². The molecule has 6 nitrogen and oxygen atoms in total. The molecule has 0 saturated heterocycles. The highest BCUT2D eigenvalue weighted by Gasteiger charge is 2.16. The lowest BCUT2D eigenvalue weighted by Gasteiger charge is -2.10. The molecule has 0 bridgehead atoms. The molecule has 0 aliphatic heterocycles. The van der Waals surface area contributed by atoms with Crippen molar-refractivity contribution in [3.05, 3.63) is 59.2 Å². The molecule has 27 heavy (non-hydrogen) atoms. The molecule has 0 aromatic heterocycles. The van der Waals surface area contributed by atoms with Crippen LogP contribution in [-0.2, 0) is 16.1 Å². The summed E-state index contributed by atoms with van der Waals surface area (Å²) in [6, 6.07) is 11.7. The quantitative estimate of drug-likeness (QED) is 0.494. The molecule has 0 amide bonds. The highest BCUT2D eigenvalue weighted by Crippen LogP contribution is 2.25. The number of rotatable bonds is 9. The Balaban J connectivity index is 1.96. The Hall–Kier alpha value is -2.86. The van der Waals surface area contributed by atoms with Crippen LogP contribution in [0.25, 0.3) is 0 Å². The largest absolute Gasteiger partial charge is 0.497 e. The first-order valence-corrected chi connectivity index (χ1v) is 8.57. The van der Waals surface area contributed by atoms with E-state index in [1.165, 1.54) is 14.2 Å². The minimum absolute atomic E-state index is 0.135. The van der Waals surface area contributed by atoms with Gasteiger partial charge in [0.15, 0.2) is 6.61 Å². The van der Waals surface area contributed by atoms with Gasteiger partial charge < -0.3 is 18.9 Å². The average molecular weight is 372 g/mol. The number of carbonyl (C=O) groups is 2. The van der Waals surface area contributed by atoms with Crippen LogP contribution in [0.15, 0.2) is 42.5 Å². The molecule has 0 atom stereocenters. The van der Waals surface area contributed by atoms with Crippen molar-refractivity contribution in [1.82, 2.24) is 0 Å². The fraction of sp³-hybridized carbons (Fsp3) is 0.333. The maximum atomic E-state index is 12.3. The molecule has 0 unspecified atom stereocenters. The summed E-state index contributed by atoms with van der Waals surface area (Å²) in [5.74, 6) is 0.0174. The minimum Gasteiger partial charge on any atom is -0.497 e. The van der Waals surface area contributed by atoms with Gasteiger partial charge in [-0.3, -0.25) is 4.79 Å². The third kappa shape index (κ3) is 5.82. The first-order chi connectivity index (χ1) is 12.9. The highest BCUT2D eigenvalue weighted by molar-refractivity contribution is 6.01. The lowest BCUT2D eigenvalue weighted by atomic mass is 10.1. The van der Waals surface area contributed by atoms with Gasteiger partial charge in [0.2, 0.25) is 5.78 Å². The lowest BCUT2D eigenvalue weighted by Crippen LogP contribution is -2.15. The van der Waals surface area contributed by atoms with E-state index in [9.17, 15) is 9.59 Å². The van der Waals surface area contributed by atoms with Crippen LogP contribution in [0.4, 0.5) is 0 Å². The zero-order valence-electron chi connectivity index (χ0n) is 16.0. The van der Waals surface area contributed by atoms with Crippen LogP contribution in [0.1, 0.15) is 40.1 Å². The molecule has 0 N–H and O–H groups in total. The molecule has 2 rings (SSSR count). The second kappa shape index (κ2) is 9.73. The molecule has 0 aliphatic rings. The van der Waals surface area contributed by atoms with Crippen LogP contribution in [0.3, 0.4) is 0 Å². The Bertz CT molecular complexity index is 780. The van der Waals surface area contributed by atoms with E-state index in [1.54, 1.807) is 42.5 Å². The molecular weight excluding hydrogens is 348 g/mol. The van der Waals surface area contributed by atoms with Crippen molar-refractivity contribution in [1.29, 1.82) is 0 Å². The van der Waals surface area contributed by atoms with Gasteiger partial charge in [-0.1, -0.05) is 12.1 Å². The predicted molar refractivity (Wildman–Crippen MR) is 101 cm³/mol. The van der Waals surface area contributed by atoms with Crippen molar-refractivity contribution >= 4 is 11.8 Å². The Morgan fingerprint density at radius 2 is 1.67 bits per heavy atom. The molecule has 2 aromatic carbocycles. The maximum absolute atomic E-state index is 12.3. The summed E-state index contributed by atoms with van der Waals surface area (Å²) in [6.45, 7) is 4.02. The van der Waals surface area contributed by atoms with Gasteiger partial charge >= 0.3 is 5.97 Å². The SMILES string of the molecule is COc1ccc(C(=O)COC(=O)c2ccc(COC(C)C)cc2)c(OC)c1. The number of esters is 1. The van der Waals surface area contributed by atoms with E-state index in [4.69, 9.17) is 18.9 Å². The first kappa shape index (κ1) is 20.5. The van der Waals surface area contributed by atoms with E-state index >= 15 is 0 Å². The normalized spacial score (nSPS) is 10.6. The molecule has 0 aliphatic carbocycles. The maximum Gasteiger partial charge on any atom is 0.338 e. The topological polar surface area (TPSA) is 71.1 Å². The number of benzene rings is 2. The van der Waals surface area contributed by atoms with Gasteiger partial charge in [-0.25, -0.2) is 4.79 Å². The van der Waals surface area contributed by atoms with Crippen molar-refractivity contribution in [2.75, 3.05) is 20.8 Å². The number of ether oxygens (including phenoxy) is 4. The van der Waals surface area contributed by atoms with Crippen molar-refractivity contribution in [2.45, 2.75) is 26.6 Å². The van der Waals surface area contributed by atoms with E-state index < -0.39 is 5.97 Å². The second-order valence-corrected chi connectivity index (χ2v) is 6.12. The third-order valence-corrected chi connectivity index (χ3v) is 3.82. The van der Waals surface area contributed by atoms with E-state index in [0.717, 1.165) is 5.56 Å². The van der Waals surface area contributed by atoms with Crippen LogP contribution in [0.5, 0.6) is 11.5 Å². The highest BCUT2D eigenvalue weighted by atomic mass is 16.5. The summed E-state index contributed by atoms with van der Waals surface area (Å²) in [7, 11) is 2.99. The minimum atomic E-state index is -0.563. The molecule has 0 radical (unpaired) electrons. The number of methoxy groups -OCH3 is 2. The van der Waals surface area contributed by atoms with Gasteiger partial charge in [0, 0.05) is 6.07 Å². The van der Waals surface area contributed by atoms with Gasteiger partial charge in [-0.05, 0) is 43.7 Å². The zero-order valence-corrected chi connectivity index (χ0v) is 16.0. The van der Waals surface area contributed by atoms with Crippen LogP contribution in [0.2, 0.25) is 0 Å². The van der Waals surface area contributed by atoms with E-state index in [1.807, 2.05) is 13.8 Å². The number of hydrogen-bond acceptors (Lipinski definition) is 6. The molecule has 6 heteroatoms. The summed E-state index contributed by atoms with van der Waals surface area (Å²) in [4.78, 5) is 24.5. The predicted octanol–water partition coefficient (Wildman–Crippen LogP) is 3.67. The molecule has 0 spiro atoms. The van der Waals surface area contributed by atoms with Crippen molar-refractivity contribution < 1.29 is 28.5 Å². The van der Waals surface area contributed by atoms with E-state index in [2.05, 4.69) is 0 Å². The monoisotopic (exact) mass is 372 g/mol. The Kier molecular flexibility index (Phi) is 7.37. The van der Waals surface area contributed by atoms with Gasteiger partial charge in [0.1, 0.15) is 11.5 Å². The molecule has 144 valence electrons. The summed E-state index contributed by atoms with van der Waals surface area (Å²) in [6.07, 6.45) is 0.135. The van der Waals surface area contributed by atoms with E-state index in [-0.39, 0.29) is 18.5 Å². The van der Waals surface area contributed by atoms with Crippen molar-refractivity contribution in [2.24, 2.45) is 0 Å². The molecule has 0 fully saturated rings. The molecule has 0 saturated carbocycles. The number of ketones is 1. The van der Waals surface area contributed by atoms with Gasteiger partial charge in [0.05, 0.1) is 38.1 Å². The van der Waals surface area contributed by atoms with Gasteiger partial charge in [-0.15, -0.1) is 0 Å². The van der Waals surface area contributed by atoms with Crippen LogP contribution < -0.4 is 9.47 Å². The lowest BCUT2D eigenvalue weighted by molar-refractivity contribution is 0.0473. The number of Topliss-reactive ketones (excluding diaryl/α,β-unsaturated/α-hetero) is 1. The molecule has 2 aromatic rings. The van der Waals surface area contributed by atoms with Crippen LogP contribution >= 0.6 is 0 Å².